The third-order valence-corrected chi connectivity index (χ3v) is 4.59. The molecule has 1 aliphatic rings. The first-order valence-corrected chi connectivity index (χ1v) is 7.10. The van der Waals surface area contributed by atoms with Gasteiger partial charge in [0.15, 0.2) is 0 Å². The van der Waals surface area contributed by atoms with Gasteiger partial charge in [-0.3, -0.25) is 4.79 Å². The number of nitrogens with zero attached hydrogens (tertiary/aromatic N) is 1. The average molecular weight is 266 g/mol. The van der Waals surface area contributed by atoms with Crippen molar-refractivity contribution in [1.82, 2.24) is 10.3 Å². The van der Waals surface area contributed by atoms with Crippen molar-refractivity contribution in [3.8, 4) is 0 Å². The van der Waals surface area contributed by atoms with Gasteiger partial charge in [-0.15, -0.1) is 0 Å². The van der Waals surface area contributed by atoms with Gasteiger partial charge >= 0.3 is 0 Å². The van der Waals surface area contributed by atoms with E-state index in [0.29, 0.717) is 11.4 Å². The molecule has 0 unspecified atom stereocenters. The SMILES string of the molecule is CSC1(CNC(=O)c2cc(C)nc(NN)c2)CC1. The fourth-order valence-corrected chi connectivity index (χ4v) is 2.54. The second kappa shape index (κ2) is 5.16. The van der Waals surface area contributed by atoms with Crippen LogP contribution in [0.1, 0.15) is 28.9 Å². The summed E-state index contributed by atoms with van der Waals surface area (Å²) in [5.74, 6) is 5.75. The maximum atomic E-state index is 12.0. The van der Waals surface area contributed by atoms with Crippen molar-refractivity contribution in [1.29, 1.82) is 0 Å². The van der Waals surface area contributed by atoms with Gasteiger partial charge in [0.1, 0.15) is 5.82 Å². The van der Waals surface area contributed by atoms with Gasteiger partial charge in [-0.25, -0.2) is 10.8 Å². The topological polar surface area (TPSA) is 80.0 Å². The van der Waals surface area contributed by atoms with Crippen LogP contribution in [0.3, 0.4) is 0 Å². The maximum absolute atomic E-state index is 12.0. The number of nitrogen functional groups attached to an aromatic ring is 1. The fraction of sp³-hybridized carbons (Fsp3) is 0.500. The summed E-state index contributed by atoms with van der Waals surface area (Å²) in [5, 5.41) is 2.98. The van der Waals surface area contributed by atoms with E-state index in [4.69, 9.17) is 5.84 Å². The molecule has 1 aromatic heterocycles. The lowest BCUT2D eigenvalue weighted by Gasteiger charge is -2.13. The number of rotatable bonds is 5. The first-order chi connectivity index (χ1) is 8.58. The van der Waals surface area contributed by atoms with Crippen molar-refractivity contribution >= 4 is 23.5 Å². The van der Waals surface area contributed by atoms with Crippen molar-refractivity contribution in [2.45, 2.75) is 24.5 Å². The van der Waals surface area contributed by atoms with Crippen molar-refractivity contribution < 1.29 is 4.79 Å². The number of aromatic nitrogens is 1. The minimum absolute atomic E-state index is 0.0719. The molecule has 0 bridgehead atoms. The second-order valence-corrected chi connectivity index (χ2v) is 5.87. The molecule has 4 N–H and O–H groups in total. The summed E-state index contributed by atoms with van der Waals surface area (Å²) in [5.41, 5.74) is 3.82. The number of hydrogen-bond donors (Lipinski definition) is 3. The van der Waals surface area contributed by atoms with Gasteiger partial charge < -0.3 is 10.7 Å². The molecule has 1 fully saturated rings. The van der Waals surface area contributed by atoms with Crippen LogP contribution in [0.2, 0.25) is 0 Å². The molecule has 98 valence electrons. The summed E-state index contributed by atoms with van der Waals surface area (Å²) in [6, 6.07) is 3.41. The highest BCUT2D eigenvalue weighted by atomic mass is 32.2. The molecular formula is C12H18N4OS. The van der Waals surface area contributed by atoms with E-state index in [9.17, 15) is 4.79 Å². The molecule has 0 aromatic carbocycles. The van der Waals surface area contributed by atoms with Crippen LogP contribution in [0.5, 0.6) is 0 Å². The highest BCUT2D eigenvalue weighted by molar-refractivity contribution is 8.00. The van der Waals surface area contributed by atoms with E-state index in [2.05, 4.69) is 22.0 Å². The van der Waals surface area contributed by atoms with E-state index in [-0.39, 0.29) is 10.7 Å². The predicted molar refractivity (Wildman–Crippen MR) is 74.6 cm³/mol. The molecule has 1 amide bonds. The highest BCUT2D eigenvalue weighted by Crippen LogP contribution is 2.46. The van der Waals surface area contributed by atoms with Crippen LogP contribution in [-0.2, 0) is 0 Å². The molecule has 0 radical (unpaired) electrons. The Kier molecular flexibility index (Phi) is 3.77. The van der Waals surface area contributed by atoms with Gasteiger partial charge in [-0.05, 0) is 38.2 Å². The molecule has 5 nitrogen and oxygen atoms in total. The van der Waals surface area contributed by atoms with Crippen LogP contribution in [0.15, 0.2) is 12.1 Å². The van der Waals surface area contributed by atoms with Crippen molar-refractivity contribution in [3.63, 3.8) is 0 Å². The molecule has 1 aliphatic carbocycles. The van der Waals surface area contributed by atoms with Crippen LogP contribution in [0, 0.1) is 6.92 Å². The van der Waals surface area contributed by atoms with E-state index >= 15 is 0 Å². The van der Waals surface area contributed by atoms with E-state index < -0.39 is 0 Å². The van der Waals surface area contributed by atoms with Crippen LogP contribution >= 0.6 is 11.8 Å². The molecular weight excluding hydrogens is 248 g/mol. The number of carbonyl (C=O) groups is 1. The Morgan fingerprint density at radius 3 is 2.83 bits per heavy atom. The zero-order valence-electron chi connectivity index (χ0n) is 10.6. The van der Waals surface area contributed by atoms with Gasteiger partial charge in [-0.1, -0.05) is 0 Å². The Morgan fingerprint density at radius 1 is 1.56 bits per heavy atom. The molecule has 6 heteroatoms. The van der Waals surface area contributed by atoms with Crippen molar-refractivity contribution in [3.05, 3.63) is 23.4 Å². The van der Waals surface area contributed by atoms with E-state index in [1.807, 2.05) is 18.7 Å². The van der Waals surface area contributed by atoms with Gasteiger partial charge in [-0.2, -0.15) is 11.8 Å². The summed E-state index contributed by atoms with van der Waals surface area (Å²) >= 11 is 1.83. The molecule has 1 aromatic rings. The molecule has 2 rings (SSSR count). The molecule has 18 heavy (non-hydrogen) atoms. The summed E-state index contributed by atoms with van der Waals surface area (Å²) in [7, 11) is 0. The summed E-state index contributed by atoms with van der Waals surface area (Å²) in [4.78, 5) is 16.2. The number of thioether (sulfide) groups is 1. The quantitative estimate of drug-likeness (QED) is 0.553. The van der Waals surface area contributed by atoms with Crippen molar-refractivity contribution in [2.24, 2.45) is 5.84 Å². The first-order valence-electron chi connectivity index (χ1n) is 5.87. The van der Waals surface area contributed by atoms with Crippen LogP contribution in [0.4, 0.5) is 5.82 Å². The standard InChI is InChI=1S/C12H18N4OS/c1-8-5-9(6-10(15-8)16-13)11(17)14-7-12(18-2)3-4-12/h5-6H,3-4,7,13H2,1-2H3,(H,14,17)(H,15,16). The smallest absolute Gasteiger partial charge is 0.251 e. The number of nitrogens with two attached hydrogens (primary N) is 1. The van der Waals surface area contributed by atoms with Gasteiger partial charge in [0.2, 0.25) is 0 Å². The number of aryl methyl sites for hydroxylation is 1. The predicted octanol–water partition coefficient (Wildman–Crippen LogP) is 1.30. The van der Waals surface area contributed by atoms with Gasteiger partial charge in [0.25, 0.3) is 5.91 Å². The largest absolute Gasteiger partial charge is 0.351 e. The normalized spacial score (nSPS) is 16.2. The number of carbonyl (C=O) groups excluding carboxylic acids is 1. The summed E-state index contributed by atoms with van der Waals surface area (Å²) in [6.07, 6.45) is 4.45. The minimum Gasteiger partial charge on any atom is -0.351 e. The number of anilines is 1. The third kappa shape index (κ3) is 2.94. The van der Waals surface area contributed by atoms with Crippen LogP contribution in [0.25, 0.3) is 0 Å². The number of hydrogen-bond acceptors (Lipinski definition) is 5. The first kappa shape index (κ1) is 13.2. The second-order valence-electron chi connectivity index (χ2n) is 4.60. The van der Waals surface area contributed by atoms with E-state index in [1.165, 1.54) is 12.8 Å². The maximum Gasteiger partial charge on any atom is 0.251 e. The lowest BCUT2D eigenvalue weighted by Crippen LogP contribution is -2.31. The average Bonchev–Trinajstić information content (AvgIpc) is 3.16. The fourth-order valence-electron chi connectivity index (χ4n) is 1.81. The minimum atomic E-state index is -0.0719. The molecule has 1 heterocycles. The van der Waals surface area contributed by atoms with Gasteiger partial charge in [0, 0.05) is 22.5 Å². The number of pyridine rings is 1. The monoisotopic (exact) mass is 266 g/mol. The Bertz CT molecular complexity index is 459. The molecule has 0 spiro atoms. The Labute approximate surface area is 111 Å². The highest BCUT2D eigenvalue weighted by Gasteiger charge is 2.41. The van der Waals surface area contributed by atoms with Crippen molar-refractivity contribution in [2.75, 3.05) is 18.2 Å². The lowest BCUT2D eigenvalue weighted by atomic mass is 10.2. The van der Waals surface area contributed by atoms with E-state index in [1.54, 1.807) is 12.1 Å². The van der Waals surface area contributed by atoms with Gasteiger partial charge in [0.05, 0.1) is 0 Å². The van der Waals surface area contributed by atoms with Crippen LogP contribution < -0.4 is 16.6 Å². The molecule has 0 aliphatic heterocycles. The number of amides is 1. The molecule has 1 saturated carbocycles. The summed E-state index contributed by atoms with van der Waals surface area (Å²) in [6.45, 7) is 2.56. The third-order valence-electron chi connectivity index (χ3n) is 3.18. The Balaban J connectivity index is 2.02. The van der Waals surface area contributed by atoms with E-state index in [0.717, 1.165) is 12.2 Å². The molecule has 0 atom stereocenters. The molecule has 0 saturated heterocycles. The summed E-state index contributed by atoms with van der Waals surface area (Å²) < 4.78 is 0.271. The number of nitrogens with one attached hydrogen (secondary N) is 2. The zero-order valence-corrected chi connectivity index (χ0v) is 11.4. The zero-order chi connectivity index (χ0) is 13.2. The Morgan fingerprint density at radius 2 is 2.28 bits per heavy atom. The number of hydrazine groups is 1. The lowest BCUT2D eigenvalue weighted by molar-refractivity contribution is 0.0953. The van der Waals surface area contributed by atoms with Crippen LogP contribution in [-0.4, -0.2) is 28.4 Å². The Hall–Kier alpha value is -1.27.